The maximum atomic E-state index is 13.4. The SMILES string of the molecule is Cc1ccc(C(=O)C[C@@H](C(=O)c2cccc([N+](=O)[O-])c2)S(=O)(=O)c2ccc(C)cc2)cc1. The Morgan fingerprint density at radius 1 is 0.875 bits per heavy atom. The van der Waals surface area contributed by atoms with Crippen LogP contribution in [0.15, 0.2) is 77.7 Å². The van der Waals surface area contributed by atoms with Crippen molar-refractivity contribution in [2.75, 3.05) is 0 Å². The van der Waals surface area contributed by atoms with Crippen LogP contribution in [-0.4, -0.2) is 30.2 Å². The molecule has 0 heterocycles. The third-order valence-corrected chi connectivity index (χ3v) is 7.16. The number of Topliss-reactive ketones (excluding diaryl/α,β-unsaturated/α-hetero) is 2. The fraction of sp³-hybridized carbons (Fsp3) is 0.167. The fourth-order valence-corrected chi connectivity index (χ4v) is 4.85. The number of hydrogen-bond donors (Lipinski definition) is 0. The molecule has 0 aromatic heterocycles. The molecule has 0 saturated heterocycles. The summed E-state index contributed by atoms with van der Waals surface area (Å²) in [6, 6.07) is 17.4. The Morgan fingerprint density at radius 2 is 1.44 bits per heavy atom. The highest BCUT2D eigenvalue weighted by molar-refractivity contribution is 7.92. The second-order valence-corrected chi connectivity index (χ2v) is 9.64. The molecule has 32 heavy (non-hydrogen) atoms. The van der Waals surface area contributed by atoms with E-state index in [-0.39, 0.29) is 21.7 Å². The number of hydrogen-bond acceptors (Lipinski definition) is 6. The lowest BCUT2D eigenvalue weighted by Crippen LogP contribution is -2.33. The molecule has 164 valence electrons. The van der Waals surface area contributed by atoms with Crippen LogP contribution in [0, 0.1) is 24.0 Å². The first-order chi connectivity index (χ1) is 15.1. The van der Waals surface area contributed by atoms with Gasteiger partial charge in [-0.2, -0.15) is 0 Å². The molecular weight excluding hydrogens is 430 g/mol. The van der Waals surface area contributed by atoms with Gasteiger partial charge in [0.15, 0.2) is 21.4 Å². The van der Waals surface area contributed by atoms with Crippen LogP contribution in [0.25, 0.3) is 0 Å². The van der Waals surface area contributed by atoms with E-state index < -0.39 is 38.0 Å². The van der Waals surface area contributed by atoms with Crippen molar-refractivity contribution in [2.24, 2.45) is 0 Å². The van der Waals surface area contributed by atoms with Crippen LogP contribution >= 0.6 is 0 Å². The van der Waals surface area contributed by atoms with E-state index >= 15 is 0 Å². The van der Waals surface area contributed by atoms with Crippen LogP contribution < -0.4 is 0 Å². The van der Waals surface area contributed by atoms with Gasteiger partial charge in [0.25, 0.3) is 5.69 Å². The van der Waals surface area contributed by atoms with Gasteiger partial charge in [0.05, 0.1) is 9.82 Å². The first-order valence-electron chi connectivity index (χ1n) is 9.78. The zero-order valence-corrected chi connectivity index (χ0v) is 18.3. The number of carbonyl (C=O) groups is 2. The molecule has 0 aliphatic heterocycles. The number of carbonyl (C=O) groups excluding carboxylic acids is 2. The Labute approximate surface area is 185 Å². The van der Waals surface area contributed by atoms with Crippen LogP contribution in [0.3, 0.4) is 0 Å². The van der Waals surface area contributed by atoms with Crippen LogP contribution in [0.4, 0.5) is 5.69 Å². The number of sulfone groups is 1. The minimum atomic E-state index is -4.25. The molecule has 3 aromatic rings. The molecule has 0 spiro atoms. The highest BCUT2D eigenvalue weighted by atomic mass is 32.2. The Bertz CT molecular complexity index is 1280. The van der Waals surface area contributed by atoms with Gasteiger partial charge in [-0.25, -0.2) is 8.42 Å². The van der Waals surface area contributed by atoms with Crippen molar-refractivity contribution in [2.45, 2.75) is 30.4 Å². The van der Waals surface area contributed by atoms with Gasteiger partial charge < -0.3 is 0 Å². The molecular formula is C24H21NO6S. The highest BCUT2D eigenvalue weighted by Crippen LogP contribution is 2.25. The number of non-ortho nitro benzene ring substituents is 1. The molecule has 1 atom stereocenters. The Kier molecular flexibility index (Phi) is 6.64. The Morgan fingerprint density at radius 3 is 2.00 bits per heavy atom. The fourth-order valence-electron chi connectivity index (χ4n) is 3.22. The maximum Gasteiger partial charge on any atom is 0.270 e. The molecule has 0 N–H and O–H groups in total. The van der Waals surface area contributed by atoms with Crippen LogP contribution in [-0.2, 0) is 9.84 Å². The van der Waals surface area contributed by atoms with Gasteiger partial charge in [-0.05, 0) is 26.0 Å². The number of ketones is 2. The molecule has 0 saturated carbocycles. The second kappa shape index (κ2) is 9.23. The standard InChI is InChI=1S/C24H21NO6S/c1-16-6-10-18(11-7-16)22(26)15-23(32(30,31)21-12-8-17(2)9-13-21)24(27)19-4-3-5-20(14-19)25(28)29/h3-14,23H,15H2,1-2H3/t23-/m0/s1. The average molecular weight is 452 g/mol. The van der Waals surface area contributed by atoms with E-state index in [1.807, 2.05) is 6.92 Å². The summed E-state index contributed by atoms with van der Waals surface area (Å²) in [5, 5.41) is 9.39. The van der Waals surface area contributed by atoms with E-state index in [4.69, 9.17) is 0 Å². The van der Waals surface area contributed by atoms with Crippen LogP contribution in [0.5, 0.6) is 0 Å². The average Bonchev–Trinajstić information content (AvgIpc) is 2.77. The molecule has 3 rings (SSSR count). The number of benzene rings is 3. The number of nitro groups is 1. The largest absolute Gasteiger partial charge is 0.294 e. The van der Waals surface area contributed by atoms with Crippen molar-refractivity contribution in [3.05, 3.63) is 105 Å². The third kappa shape index (κ3) is 4.97. The van der Waals surface area contributed by atoms with Crippen molar-refractivity contribution in [1.82, 2.24) is 0 Å². The zero-order valence-electron chi connectivity index (χ0n) is 17.5. The van der Waals surface area contributed by atoms with Crippen molar-refractivity contribution in [3.8, 4) is 0 Å². The Hall–Kier alpha value is -3.65. The van der Waals surface area contributed by atoms with Gasteiger partial charge in [-0.3, -0.25) is 19.7 Å². The maximum absolute atomic E-state index is 13.4. The summed E-state index contributed by atoms with van der Waals surface area (Å²) in [5.74, 6) is -1.38. The molecule has 0 fully saturated rings. The molecule has 7 nitrogen and oxygen atoms in total. The van der Waals surface area contributed by atoms with E-state index in [0.29, 0.717) is 0 Å². The van der Waals surface area contributed by atoms with Crippen LogP contribution in [0.2, 0.25) is 0 Å². The van der Waals surface area contributed by atoms with Gasteiger partial charge in [0, 0.05) is 29.7 Å². The number of rotatable bonds is 8. The van der Waals surface area contributed by atoms with Crippen molar-refractivity contribution in [1.29, 1.82) is 0 Å². The lowest BCUT2D eigenvalue weighted by Gasteiger charge is -2.17. The molecule has 0 radical (unpaired) electrons. The smallest absolute Gasteiger partial charge is 0.270 e. The second-order valence-electron chi connectivity index (χ2n) is 7.51. The van der Waals surface area contributed by atoms with E-state index in [1.54, 1.807) is 43.3 Å². The van der Waals surface area contributed by atoms with E-state index in [2.05, 4.69) is 0 Å². The monoisotopic (exact) mass is 451 g/mol. The zero-order chi connectivity index (χ0) is 23.5. The van der Waals surface area contributed by atoms with Gasteiger partial charge in [0.2, 0.25) is 0 Å². The molecule has 8 heteroatoms. The predicted molar refractivity (Wildman–Crippen MR) is 120 cm³/mol. The lowest BCUT2D eigenvalue weighted by molar-refractivity contribution is -0.384. The first kappa shape index (κ1) is 23.0. The van der Waals surface area contributed by atoms with Gasteiger partial charge in [0.1, 0.15) is 5.25 Å². The van der Waals surface area contributed by atoms with Crippen molar-refractivity contribution in [3.63, 3.8) is 0 Å². The van der Waals surface area contributed by atoms with Gasteiger partial charge in [-0.1, -0.05) is 59.7 Å². The number of nitro benzene ring substituents is 1. The number of aryl methyl sites for hydroxylation is 2. The summed E-state index contributed by atoms with van der Waals surface area (Å²) in [5.41, 5.74) is 1.56. The van der Waals surface area contributed by atoms with Gasteiger partial charge in [-0.15, -0.1) is 0 Å². The van der Waals surface area contributed by atoms with E-state index in [0.717, 1.165) is 17.2 Å². The molecule has 0 aliphatic carbocycles. The number of nitrogens with zero attached hydrogens (tertiary/aromatic N) is 1. The minimum Gasteiger partial charge on any atom is -0.294 e. The summed E-state index contributed by atoms with van der Waals surface area (Å²) in [4.78, 5) is 36.5. The van der Waals surface area contributed by atoms with Crippen molar-refractivity contribution >= 4 is 27.1 Å². The topological polar surface area (TPSA) is 111 Å². The summed E-state index contributed by atoms with van der Waals surface area (Å²) in [7, 11) is -4.25. The van der Waals surface area contributed by atoms with Crippen LogP contribution in [0.1, 0.15) is 38.3 Å². The molecule has 0 unspecified atom stereocenters. The highest BCUT2D eigenvalue weighted by Gasteiger charge is 2.37. The lowest BCUT2D eigenvalue weighted by atomic mass is 10.00. The molecule has 0 aliphatic rings. The summed E-state index contributed by atoms with van der Waals surface area (Å²) >= 11 is 0. The normalized spacial score (nSPS) is 12.2. The van der Waals surface area contributed by atoms with E-state index in [9.17, 15) is 28.1 Å². The Balaban J connectivity index is 2.06. The quantitative estimate of drug-likeness (QED) is 0.283. The summed E-state index contributed by atoms with van der Waals surface area (Å²) in [6.45, 7) is 3.65. The van der Waals surface area contributed by atoms with Crippen molar-refractivity contribution < 1.29 is 22.9 Å². The molecule has 0 amide bonds. The summed E-state index contributed by atoms with van der Waals surface area (Å²) in [6.07, 6.45) is -0.583. The van der Waals surface area contributed by atoms with Gasteiger partial charge >= 0.3 is 0 Å². The minimum absolute atomic E-state index is 0.0939. The first-order valence-corrected chi connectivity index (χ1v) is 11.3. The third-order valence-electron chi connectivity index (χ3n) is 5.10. The summed E-state index contributed by atoms with van der Waals surface area (Å²) < 4.78 is 26.8. The predicted octanol–water partition coefficient (Wildman–Crippen LogP) is 4.51. The van der Waals surface area contributed by atoms with E-state index in [1.165, 1.54) is 30.3 Å². The molecule has 0 bridgehead atoms. The molecule has 3 aromatic carbocycles.